The molecule has 7 nitrogen and oxygen atoms in total. The number of rotatable bonds is 5. The van der Waals surface area contributed by atoms with Crippen molar-refractivity contribution in [3.63, 3.8) is 0 Å². The van der Waals surface area contributed by atoms with Gasteiger partial charge in [0.1, 0.15) is 4.90 Å². The van der Waals surface area contributed by atoms with Crippen LogP contribution in [0.4, 0.5) is 5.69 Å². The Balaban J connectivity index is 1.84. The molecule has 148 valence electrons. The van der Waals surface area contributed by atoms with Crippen molar-refractivity contribution in [2.75, 3.05) is 4.72 Å². The van der Waals surface area contributed by atoms with Crippen molar-refractivity contribution in [1.82, 2.24) is 14.8 Å². The summed E-state index contributed by atoms with van der Waals surface area (Å²) in [5.74, 6) is 1.14. The van der Waals surface area contributed by atoms with Crippen LogP contribution in [-0.2, 0) is 17.1 Å². The molecule has 0 saturated heterocycles. The van der Waals surface area contributed by atoms with Gasteiger partial charge >= 0.3 is 0 Å². The monoisotopic (exact) mass is 400 g/mol. The summed E-state index contributed by atoms with van der Waals surface area (Å²) in [5, 5.41) is 8.28. The molecule has 1 saturated carbocycles. The van der Waals surface area contributed by atoms with Crippen molar-refractivity contribution in [3.05, 3.63) is 46.6 Å². The molecule has 0 amide bonds. The Morgan fingerprint density at radius 2 is 1.82 bits per heavy atom. The number of hydrogen-bond donors (Lipinski definition) is 1. The van der Waals surface area contributed by atoms with E-state index < -0.39 is 10.0 Å². The molecule has 1 aliphatic rings. The van der Waals surface area contributed by atoms with E-state index >= 15 is 0 Å². The zero-order valence-electron chi connectivity index (χ0n) is 16.7. The van der Waals surface area contributed by atoms with Gasteiger partial charge in [0.25, 0.3) is 15.9 Å². The highest BCUT2D eigenvalue weighted by Gasteiger charge is 2.34. The van der Waals surface area contributed by atoms with Gasteiger partial charge in [-0.15, -0.1) is 10.2 Å². The van der Waals surface area contributed by atoms with Gasteiger partial charge in [-0.3, -0.25) is 4.72 Å². The van der Waals surface area contributed by atoms with Gasteiger partial charge in [0.15, 0.2) is 0 Å². The average Bonchev–Trinajstić information content (AvgIpc) is 3.33. The number of nitrogens with zero attached hydrogens (tertiary/aromatic N) is 3. The highest BCUT2D eigenvalue weighted by Crippen LogP contribution is 2.42. The zero-order valence-corrected chi connectivity index (χ0v) is 17.5. The summed E-state index contributed by atoms with van der Waals surface area (Å²) in [6.07, 6.45) is 2.07. The van der Waals surface area contributed by atoms with E-state index in [0.29, 0.717) is 28.8 Å². The predicted molar refractivity (Wildman–Crippen MR) is 107 cm³/mol. The van der Waals surface area contributed by atoms with E-state index in [4.69, 9.17) is 4.42 Å². The van der Waals surface area contributed by atoms with E-state index in [-0.39, 0.29) is 10.8 Å². The molecule has 4 rings (SSSR count). The standard InChI is InChI=1S/C20H24N4O3S/c1-11-7-6-8-16(12(11)2)23-28(25,26)18-14(4)24(5)13(3)17(18)20-22-21-19(27-20)15-9-10-15/h6-8,15,23H,9-10H2,1-5H3. The quantitative estimate of drug-likeness (QED) is 0.699. The molecule has 3 aromatic rings. The van der Waals surface area contributed by atoms with Crippen LogP contribution in [0, 0.1) is 27.7 Å². The number of anilines is 1. The Kier molecular flexibility index (Phi) is 4.33. The fourth-order valence-electron chi connectivity index (χ4n) is 3.39. The highest BCUT2D eigenvalue weighted by molar-refractivity contribution is 7.93. The van der Waals surface area contributed by atoms with Crippen LogP contribution in [0.5, 0.6) is 0 Å². The third kappa shape index (κ3) is 3.01. The largest absolute Gasteiger partial charge is 0.420 e. The Labute approximate surface area is 164 Å². The maximum Gasteiger partial charge on any atom is 0.264 e. The van der Waals surface area contributed by atoms with Gasteiger partial charge in [-0.1, -0.05) is 12.1 Å². The molecular formula is C20H24N4O3S. The third-order valence-corrected chi connectivity index (χ3v) is 7.15. The first-order chi connectivity index (χ1) is 13.2. The Morgan fingerprint density at radius 3 is 2.50 bits per heavy atom. The number of aryl methyl sites for hydroxylation is 1. The molecular weight excluding hydrogens is 376 g/mol. The summed E-state index contributed by atoms with van der Waals surface area (Å²) < 4.78 is 37.2. The van der Waals surface area contributed by atoms with E-state index in [1.807, 2.05) is 44.5 Å². The topological polar surface area (TPSA) is 90.0 Å². The SMILES string of the molecule is Cc1cccc(NS(=O)(=O)c2c(-c3nnc(C4CC4)o3)c(C)n(C)c2C)c1C. The number of nitrogens with one attached hydrogen (secondary N) is 1. The lowest BCUT2D eigenvalue weighted by Gasteiger charge is -2.13. The average molecular weight is 401 g/mol. The summed E-state index contributed by atoms with van der Waals surface area (Å²) in [6, 6.07) is 5.56. The van der Waals surface area contributed by atoms with Gasteiger partial charge in [0.2, 0.25) is 5.89 Å². The molecule has 0 unspecified atom stereocenters. The Hall–Kier alpha value is -2.61. The third-order valence-electron chi connectivity index (χ3n) is 5.62. The molecule has 1 N–H and O–H groups in total. The predicted octanol–water partition coefficient (Wildman–Crippen LogP) is 3.99. The molecule has 2 heterocycles. The smallest absolute Gasteiger partial charge is 0.264 e. The second-order valence-corrected chi connectivity index (χ2v) is 9.13. The first kappa shape index (κ1) is 18.7. The van der Waals surface area contributed by atoms with Crippen molar-refractivity contribution in [2.45, 2.75) is 51.3 Å². The van der Waals surface area contributed by atoms with Crippen molar-refractivity contribution in [1.29, 1.82) is 0 Å². The van der Waals surface area contributed by atoms with Gasteiger partial charge < -0.3 is 8.98 Å². The molecule has 0 spiro atoms. The lowest BCUT2D eigenvalue weighted by atomic mass is 10.1. The van der Waals surface area contributed by atoms with Crippen molar-refractivity contribution in [2.24, 2.45) is 7.05 Å². The fourth-order valence-corrected chi connectivity index (χ4v) is 5.03. The van der Waals surface area contributed by atoms with Crippen LogP contribution >= 0.6 is 0 Å². The van der Waals surface area contributed by atoms with E-state index in [2.05, 4.69) is 14.9 Å². The van der Waals surface area contributed by atoms with E-state index in [9.17, 15) is 8.42 Å². The number of sulfonamides is 1. The lowest BCUT2D eigenvalue weighted by Crippen LogP contribution is -2.15. The molecule has 28 heavy (non-hydrogen) atoms. The maximum absolute atomic E-state index is 13.4. The van der Waals surface area contributed by atoms with Gasteiger partial charge in [-0.2, -0.15) is 0 Å². The molecule has 8 heteroatoms. The molecule has 0 bridgehead atoms. The van der Waals surface area contributed by atoms with E-state index in [0.717, 1.165) is 29.7 Å². The minimum atomic E-state index is -3.86. The van der Waals surface area contributed by atoms with E-state index in [1.54, 1.807) is 13.0 Å². The van der Waals surface area contributed by atoms with Crippen LogP contribution in [-0.4, -0.2) is 23.2 Å². The van der Waals surface area contributed by atoms with Crippen LogP contribution in [0.2, 0.25) is 0 Å². The highest BCUT2D eigenvalue weighted by atomic mass is 32.2. The minimum Gasteiger partial charge on any atom is -0.420 e. The minimum absolute atomic E-state index is 0.180. The van der Waals surface area contributed by atoms with Crippen molar-refractivity contribution in [3.8, 4) is 11.5 Å². The normalized spacial score (nSPS) is 14.5. The summed E-state index contributed by atoms with van der Waals surface area (Å²) in [4.78, 5) is 0.180. The molecule has 0 radical (unpaired) electrons. The first-order valence-corrected chi connectivity index (χ1v) is 10.8. The second kappa shape index (κ2) is 6.48. The van der Waals surface area contributed by atoms with Crippen molar-refractivity contribution >= 4 is 15.7 Å². The number of aromatic nitrogens is 3. The van der Waals surface area contributed by atoms with Crippen LogP contribution in [0.3, 0.4) is 0 Å². The molecule has 0 aliphatic heterocycles. The summed E-state index contributed by atoms with van der Waals surface area (Å²) in [7, 11) is -2.02. The molecule has 1 aromatic carbocycles. The number of hydrogen-bond acceptors (Lipinski definition) is 5. The van der Waals surface area contributed by atoms with Crippen LogP contribution in [0.15, 0.2) is 27.5 Å². The number of benzene rings is 1. The molecule has 2 aromatic heterocycles. The van der Waals surface area contributed by atoms with Gasteiger partial charge in [0, 0.05) is 24.4 Å². The first-order valence-electron chi connectivity index (χ1n) is 9.29. The van der Waals surface area contributed by atoms with Crippen molar-refractivity contribution < 1.29 is 12.8 Å². The van der Waals surface area contributed by atoms with Gasteiger partial charge in [0.05, 0.1) is 11.3 Å². The van der Waals surface area contributed by atoms with Crippen LogP contribution < -0.4 is 4.72 Å². The zero-order chi connectivity index (χ0) is 20.2. The summed E-state index contributed by atoms with van der Waals surface area (Å²) in [5.41, 5.74) is 4.34. The Morgan fingerprint density at radius 1 is 1.11 bits per heavy atom. The Bertz CT molecular complexity index is 1170. The lowest BCUT2D eigenvalue weighted by molar-refractivity contribution is 0.507. The summed E-state index contributed by atoms with van der Waals surface area (Å²) in [6.45, 7) is 7.50. The summed E-state index contributed by atoms with van der Waals surface area (Å²) >= 11 is 0. The van der Waals surface area contributed by atoms with Gasteiger partial charge in [-0.25, -0.2) is 8.42 Å². The molecule has 0 atom stereocenters. The van der Waals surface area contributed by atoms with E-state index in [1.165, 1.54) is 0 Å². The fraction of sp³-hybridized carbons (Fsp3) is 0.400. The molecule has 1 aliphatic carbocycles. The van der Waals surface area contributed by atoms with Crippen LogP contribution in [0.25, 0.3) is 11.5 Å². The van der Waals surface area contributed by atoms with Gasteiger partial charge in [-0.05, 0) is 57.7 Å². The maximum atomic E-state index is 13.4. The van der Waals surface area contributed by atoms with Crippen LogP contribution in [0.1, 0.15) is 47.2 Å². The second-order valence-electron chi connectivity index (χ2n) is 7.51. The molecule has 1 fully saturated rings.